The molecule has 1 amide bonds. The van der Waals surface area contributed by atoms with Gasteiger partial charge in [-0.2, -0.15) is 0 Å². The van der Waals surface area contributed by atoms with Crippen LogP contribution in [0.25, 0.3) is 0 Å². The molecule has 0 spiro atoms. The standard InChI is InChI=1S/C12H24N2O2/c1-4-12(2,9-13)11(15)14-7-5-6-10(8-14)16-3/h10H,4-9,13H2,1-3H3. The van der Waals surface area contributed by atoms with E-state index in [-0.39, 0.29) is 12.0 Å². The minimum Gasteiger partial charge on any atom is -0.380 e. The fourth-order valence-corrected chi connectivity index (χ4v) is 2.08. The Morgan fingerprint density at radius 1 is 1.62 bits per heavy atom. The van der Waals surface area contributed by atoms with Crippen molar-refractivity contribution in [1.29, 1.82) is 0 Å². The van der Waals surface area contributed by atoms with Crippen molar-refractivity contribution in [3.05, 3.63) is 0 Å². The van der Waals surface area contributed by atoms with Gasteiger partial charge in [0.15, 0.2) is 0 Å². The largest absolute Gasteiger partial charge is 0.380 e. The molecule has 16 heavy (non-hydrogen) atoms. The highest BCUT2D eigenvalue weighted by atomic mass is 16.5. The van der Waals surface area contributed by atoms with Crippen molar-refractivity contribution in [2.45, 2.75) is 39.2 Å². The summed E-state index contributed by atoms with van der Waals surface area (Å²) in [4.78, 5) is 14.2. The van der Waals surface area contributed by atoms with Gasteiger partial charge in [0.2, 0.25) is 5.91 Å². The third-order valence-electron chi connectivity index (χ3n) is 3.75. The molecule has 1 rings (SSSR count). The maximum absolute atomic E-state index is 12.3. The molecule has 0 saturated carbocycles. The predicted molar refractivity (Wildman–Crippen MR) is 64.1 cm³/mol. The summed E-state index contributed by atoms with van der Waals surface area (Å²) in [5.74, 6) is 0.180. The highest BCUT2D eigenvalue weighted by Crippen LogP contribution is 2.25. The third kappa shape index (κ3) is 2.74. The van der Waals surface area contributed by atoms with Gasteiger partial charge in [0, 0.05) is 26.7 Å². The summed E-state index contributed by atoms with van der Waals surface area (Å²) >= 11 is 0. The Morgan fingerprint density at radius 2 is 2.31 bits per heavy atom. The van der Waals surface area contributed by atoms with E-state index in [0.29, 0.717) is 13.1 Å². The van der Waals surface area contributed by atoms with Crippen LogP contribution in [0.2, 0.25) is 0 Å². The Labute approximate surface area is 98.1 Å². The summed E-state index contributed by atoms with van der Waals surface area (Å²) in [7, 11) is 1.71. The molecule has 2 unspecified atom stereocenters. The Hall–Kier alpha value is -0.610. The molecule has 0 aliphatic carbocycles. The molecule has 94 valence electrons. The fourth-order valence-electron chi connectivity index (χ4n) is 2.08. The second kappa shape index (κ2) is 5.64. The smallest absolute Gasteiger partial charge is 0.229 e. The van der Waals surface area contributed by atoms with Gasteiger partial charge >= 0.3 is 0 Å². The van der Waals surface area contributed by atoms with Gasteiger partial charge in [0.05, 0.1) is 11.5 Å². The quantitative estimate of drug-likeness (QED) is 0.781. The molecule has 0 aromatic carbocycles. The third-order valence-corrected chi connectivity index (χ3v) is 3.75. The lowest BCUT2D eigenvalue weighted by molar-refractivity contribution is -0.144. The number of ether oxygens (including phenoxy) is 1. The zero-order valence-corrected chi connectivity index (χ0v) is 10.7. The van der Waals surface area contributed by atoms with Gasteiger partial charge in [-0.3, -0.25) is 4.79 Å². The molecule has 2 atom stereocenters. The topological polar surface area (TPSA) is 55.6 Å². The molecule has 0 radical (unpaired) electrons. The number of methoxy groups -OCH3 is 1. The van der Waals surface area contributed by atoms with Crippen molar-refractivity contribution in [2.24, 2.45) is 11.1 Å². The summed E-state index contributed by atoms with van der Waals surface area (Å²) in [6.45, 7) is 5.93. The molecule has 2 N–H and O–H groups in total. The Morgan fingerprint density at radius 3 is 2.81 bits per heavy atom. The summed E-state index contributed by atoms with van der Waals surface area (Å²) < 4.78 is 5.33. The van der Waals surface area contributed by atoms with E-state index in [2.05, 4.69) is 0 Å². The number of hydrogen-bond donors (Lipinski definition) is 1. The minimum absolute atomic E-state index is 0.180. The molecule has 0 aromatic rings. The van der Waals surface area contributed by atoms with Gasteiger partial charge in [-0.25, -0.2) is 0 Å². The van der Waals surface area contributed by atoms with Crippen molar-refractivity contribution >= 4 is 5.91 Å². The SMILES string of the molecule is CCC(C)(CN)C(=O)N1CCCC(OC)C1. The van der Waals surface area contributed by atoms with E-state index < -0.39 is 5.41 Å². The van der Waals surface area contributed by atoms with E-state index in [1.807, 2.05) is 18.7 Å². The van der Waals surface area contributed by atoms with Crippen LogP contribution >= 0.6 is 0 Å². The second-order valence-electron chi connectivity index (χ2n) is 4.87. The molecule has 1 saturated heterocycles. The number of nitrogens with zero attached hydrogens (tertiary/aromatic N) is 1. The molecule has 0 aromatic heterocycles. The molecule has 4 nitrogen and oxygen atoms in total. The number of nitrogens with two attached hydrogens (primary N) is 1. The molecular weight excluding hydrogens is 204 g/mol. The average Bonchev–Trinajstić information content (AvgIpc) is 2.37. The van der Waals surface area contributed by atoms with E-state index in [1.54, 1.807) is 7.11 Å². The first kappa shape index (κ1) is 13.5. The van der Waals surface area contributed by atoms with Crippen LogP contribution in [0.3, 0.4) is 0 Å². The van der Waals surface area contributed by atoms with E-state index >= 15 is 0 Å². The predicted octanol–water partition coefficient (Wildman–Crippen LogP) is 0.999. The van der Waals surface area contributed by atoms with Crippen molar-refractivity contribution < 1.29 is 9.53 Å². The number of hydrogen-bond acceptors (Lipinski definition) is 3. The number of rotatable bonds is 4. The molecule has 1 fully saturated rings. The molecule has 1 aliphatic rings. The number of likely N-dealkylation sites (tertiary alicyclic amines) is 1. The van der Waals surface area contributed by atoms with Crippen LogP contribution < -0.4 is 5.73 Å². The summed E-state index contributed by atoms with van der Waals surface area (Å²) in [6.07, 6.45) is 3.05. The van der Waals surface area contributed by atoms with Crippen LogP contribution in [0.1, 0.15) is 33.1 Å². The number of piperidine rings is 1. The normalized spacial score (nSPS) is 25.2. The van der Waals surface area contributed by atoms with Crippen LogP contribution in [0.5, 0.6) is 0 Å². The van der Waals surface area contributed by atoms with Crippen molar-refractivity contribution in [1.82, 2.24) is 4.90 Å². The Balaban J connectivity index is 2.65. The van der Waals surface area contributed by atoms with Crippen LogP contribution in [0.15, 0.2) is 0 Å². The van der Waals surface area contributed by atoms with Crippen LogP contribution in [0, 0.1) is 5.41 Å². The van der Waals surface area contributed by atoms with Crippen LogP contribution in [-0.2, 0) is 9.53 Å². The number of amides is 1. The van der Waals surface area contributed by atoms with Gasteiger partial charge < -0.3 is 15.4 Å². The van der Waals surface area contributed by atoms with E-state index in [0.717, 1.165) is 25.8 Å². The monoisotopic (exact) mass is 228 g/mol. The molecule has 4 heteroatoms. The maximum Gasteiger partial charge on any atom is 0.229 e. The van der Waals surface area contributed by atoms with Crippen molar-refractivity contribution in [2.75, 3.05) is 26.7 Å². The average molecular weight is 228 g/mol. The summed E-state index contributed by atoms with van der Waals surface area (Å²) in [5.41, 5.74) is 5.31. The van der Waals surface area contributed by atoms with Crippen molar-refractivity contribution in [3.8, 4) is 0 Å². The number of carbonyl (C=O) groups excluding carboxylic acids is 1. The summed E-state index contributed by atoms with van der Waals surface area (Å²) in [6, 6.07) is 0. The van der Waals surface area contributed by atoms with E-state index in [4.69, 9.17) is 10.5 Å². The molecule has 1 aliphatic heterocycles. The molecule has 0 bridgehead atoms. The van der Waals surface area contributed by atoms with Crippen molar-refractivity contribution in [3.63, 3.8) is 0 Å². The van der Waals surface area contributed by atoms with Crippen LogP contribution in [-0.4, -0.2) is 43.7 Å². The zero-order valence-electron chi connectivity index (χ0n) is 10.7. The lowest BCUT2D eigenvalue weighted by atomic mass is 9.85. The highest BCUT2D eigenvalue weighted by Gasteiger charge is 2.35. The zero-order chi connectivity index (χ0) is 12.2. The fraction of sp³-hybridized carbons (Fsp3) is 0.917. The first-order valence-corrected chi connectivity index (χ1v) is 6.09. The molecule has 1 heterocycles. The van der Waals surface area contributed by atoms with E-state index in [9.17, 15) is 4.79 Å². The lowest BCUT2D eigenvalue weighted by Crippen LogP contribution is -2.51. The van der Waals surface area contributed by atoms with Gasteiger partial charge in [-0.05, 0) is 26.2 Å². The highest BCUT2D eigenvalue weighted by molar-refractivity contribution is 5.82. The second-order valence-corrected chi connectivity index (χ2v) is 4.87. The first-order chi connectivity index (χ1) is 7.57. The maximum atomic E-state index is 12.3. The van der Waals surface area contributed by atoms with Gasteiger partial charge in [-0.1, -0.05) is 6.92 Å². The number of carbonyl (C=O) groups is 1. The van der Waals surface area contributed by atoms with Gasteiger partial charge in [0.25, 0.3) is 0 Å². The van der Waals surface area contributed by atoms with E-state index in [1.165, 1.54) is 0 Å². The summed E-state index contributed by atoms with van der Waals surface area (Å²) in [5, 5.41) is 0. The van der Waals surface area contributed by atoms with Gasteiger partial charge in [0.1, 0.15) is 0 Å². The Kier molecular flexibility index (Phi) is 4.74. The minimum atomic E-state index is -0.407. The first-order valence-electron chi connectivity index (χ1n) is 6.09. The van der Waals surface area contributed by atoms with Gasteiger partial charge in [-0.15, -0.1) is 0 Å². The molecular formula is C12H24N2O2. The Bertz CT molecular complexity index is 239. The van der Waals surface area contributed by atoms with Crippen LogP contribution in [0.4, 0.5) is 0 Å². The lowest BCUT2D eigenvalue weighted by Gasteiger charge is -2.37.